The van der Waals surface area contributed by atoms with Gasteiger partial charge in [0.05, 0.1) is 17.4 Å². The van der Waals surface area contributed by atoms with E-state index in [1.807, 2.05) is 13.8 Å². The molecule has 1 unspecified atom stereocenters. The van der Waals surface area contributed by atoms with Gasteiger partial charge in [-0.25, -0.2) is 8.42 Å². The van der Waals surface area contributed by atoms with Crippen molar-refractivity contribution in [1.82, 2.24) is 10.2 Å². The number of carbonyl (C=O) groups excluding carboxylic acids is 2. The molecule has 0 bridgehead atoms. The zero-order valence-electron chi connectivity index (χ0n) is 19.9. The second kappa shape index (κ2) is 11.5. The molecular weight excluding hydrogens is 454 g/mol. The third-order valence-corrected chi connectivity index (χ3v) is 7.30. The summed E-state index contributed by atoms with van der Waals surface area (Å²) in [6.45, 7) is 5.84. The van der Waals surface area contributed by atoms with E-state index < -0.39 is 10.0 Å². The van der Waals surface area contributed by atoms with E-state index in [1.54, 1.807) is 54.5 Å². The molecule has 2 amide bonds. The highest BCUT2D eigenvalue weighted by atomic mass is 32.2. The number of ether oxygens (including phenoxy) is 1. The summed E-state index contributed by atoms with van der Waals surface area (Å²) < 4.78 is 33.2. The minimum absolute atomic E-state index is 0.0838. The van der Waals surface area contributed by atoms with E-state index >= 15 is 0 Å². The number of nitrogens with one attached hydrogen (secondary N) is 2. The van der Waals surface area contributed by atoms with Crippen LogP contribution in [0.1, 0.15) is 48.5 Å². The summed E-state index contributed by atoms with van der Waals surface area (Å²) in [4.78, 5) is 27.3. The van der Waals surface area contributed by atoms with Crippen molar-refractivity contribution in [3.05, 3.63) is 59.7 Å². The summed E-state index contributed by atoms with van der Waals surface area (Å²) in [6, 6.07) is 13.2. The lowest BCUT2D eigenvalue weighted by Crippen LogP contribution is -2.45. The predicted octanol–water partition coefficient (Wildman–Crippen LogP) is 3.23. The number of likely N-dealkylation sites (tertiary alicyclic amines) is 1. The van der Waals surface area contributed by atoms with Gasteiger partial charge in [-0.15, -0.1) is 0 Å². The lowest BCUT2D eigenvalue weighted by molar-refractivity contribution is -0.126. The number of hydrogen-bond acceptors (Lipinski definition) is 5. The van der Waals surface area contributed by atoms with E-state index in [1.165, 1.54) is 6.07 Å². The van der Waals surface area contributed by atoms with E-state index in [4.69, 9.17) is 4.74 Å². The average Bonchev–Trinajstić information content (AvgIpc) is 2.83. The van der Waals surface area contributed by atoms with E-state index in [0.717, 1.165) is 18.4 Å². The fourth-order valence-electron chi connectivity index (χ4n) is 3.94. The summed E-state index contributed by atoms with van der Waals surface area (Å²) in [5.74, 6) is -0.278. The molecule has 1 saturated heterocycles. The Kier molecular flexibility index (Phi) is 8.68. The van der Waals surface area contributed by atoms with Crippen molar-refractivity contribution in [2.75, 3.05) is 38.1 Å². The van der Waals surface area contributed by atoms with E-state index in [2.05, 4.69) is 10.0 Å². The fourth-order valence-corrected chi connectivity index (χ4v) is 4.99. The molecule has 8 nitrogen and oxygen atoms in total. The molecule has 0 spiro atoms. The minimum Gasteiger partial charge on any atom is -0.383 e. The molecule has 0 aromatic heterocycles. The summed E-state index contributed by atoms with van der Waals surface area (Å²) in [5.41, 5.74) is 1.74. The van der Waals surface area contributed by atoms with Crippen LogP contribution in [0.15, 0.2) is 53.4 Å². The monoisotopic (exact) mass is 487 g/mol. The van der Waals surface area contributed by atoms with Crippen molar-refractivity contribution in [1.29, 1.82) is 0 Å². The third-order valence-electron chi connectivity index (χ3n) is 5.90. The standard InChI is InChI=1S/C25H33N3O5S/c1-18(2)19-9-11-23(12-10-19)34(31,32)27-22-8-4-6-20(16-22)25(30)28-14-5-7-21(17-28)24(29)26-13-15-33-3/h4,6,8-12,16,18,21,27H,5,7,13-15,17H2,1-3H3,(H,26,29). The Hall–Kier alpha value is -2.91. The molecule has 0 aliphatic carbocycles. The van der Waals surface area contributed by atoms with E-state index in [0.29, 0.717) is 43.4 Å². The van der Waals surface area contributed by atoms with E-state index in [-0.39, 0.29) is 22.6 Å². The molecule has 9 heteroatoms. The molecule has 1 aliphatic rings. The molecule has 1 fully saturated rings. The Labute approximate surface area is 201 Å². The van der Waals surface area contributed by atoms with Gasteiger partial charge in [-0.2, -0.15) is 0 Å². The summed E-state index contributed by atoms with van der Waals surface area (Å²) in [7, 11) is -2.22. The summed E-state index contributed by atoms with van der Waals surface area (Å²) in [6.07, 6.45) is 1.45. The highest BCUT2D eigenvalue weighted by Gasteiger charge is 2.29. The minimum atomic E-state index is -3.79. The Morgan fingerprint density at radius 1 is 1.15 bits per heavy atom. The number of amides is 2. The van der Waals surface area contributed by atoms with Crippen molar-refractivity contribution in [3.8, 4) is 0 Å². The van der Waals surface area contributed by atoms with Gasteiger partial charge in [0.15, 0.2) is 0 Å². The van der Waals surface area contributed by atoms with Crippen LogP contribution in [-0.4, -0.2) is 58.5 Å². The Morgan fingerprint density at radius 2 is 1.88 bits per heavy atom. The van der Waals surface area contributed by atoms with Gasteiger partial charge in [0.1, 0.15) is 0 Å². The summed E-state index contributed by atoms with van der Waals surface area (Å²) in [5, 5.41) is 2.83. The van der Waals surface area contributed by atoms with Crippen LogP contribution in [0, 0.1) is 5.92 Å². The Bertz CT molecular complexity index is 1100. The first-order chi connectivity index (χ1) is 16.2. The van der Waals surface area contributed by atoms with E-state index in [9.17, 15) is 18.0 Å². The van der Waals surface area contributed by atoms with Gasteiger partial charge >= 0.3 is 0 Å². The maximum atomic E-state index is 13.1. The van der Waals surface area contributed by atoms with Gasteiger partial charge in [-0.3, -0.25) is 14.3 Å². The van der Waals surface area contributed by atoms with Crippen LogP contribution in [-0.2, 0) is 19.6 Å². The Morgan fingerprint density at radius 3 is 2.56 bits per heavy atom. The maximum Gasteiger partial charge on any atom is 0.261 e. The number of piperidine rings is 1. The smallest absolute Gasteiger partial charge is 0.261 e. The highest BCUT2D eigenvalue weighted by Crippen LogP contribution is 2.23. The van der Waals surface area contributed by atoms with Crippen LogP contribution in [0.4, 0.5) is 5.69 Å². The molecule has 1 atom stereocenters. The topological polar surface area (TPSA) is 105 Å². The van der Waals surface area contributed by atoms with Crippen molar-refractivity contribution < 1.29 is 22.7 Å². The van der Waals surface area contributed by atoms with Gasteiger partial charge in [0.2, 0.25) is 5.91 Å². The zero-order chi connectivity index (χ0) is 24.7. The van der Waals surface area contributed by atoms with Crippen LogP contribution in [0.25, 0.3) is 0 Å². The second-order valence-corrected chi connectivity index (χ2v) is 10.5. The molecule has 1 aliphatic heterocycles. The normalized spacial score (nSPS) is 16.4. The lowest BCUT2D eigenvalue weighted by Gasteiger charge is -2.32. The van der Waals surface area contributed by atoms with Gasteiger partial charge in [-0.1, -0.05) is 32.0 Å². The largest absolute Gasteiger partial charge is 0.383 e. The van der Waals surface area contributed by atoms with Gasteiger partial charge in [0.25, 0.3) is 15.9 Å². The molecule has 34 heavy (non-hydrogen) atoms. The fraction of sp³-hybridized carbons (Fsp3) is 0.440. The first-order valence-corrected chi connectivity index (χ1v) is 13.0. The molecule has 1 heterocycles. The van der Waals surface area contributed by atoms with Crippen LogP contribution in [0.3, 0.4) is 0 Å². The molecule has 3 rings (SSSR count). The quantitative estimate of drug-likeness (QED) is 0.529. The van der Waals surface area contributed by atoms with Crippen molar-refractivity contribution in [3.63, 3.8) is 0 Å². The molecule has 0 saturated carbocycles. The summed E-state index contributed by atoms with van der Waals surface area (Å²) >= 11 is 0. The van der Waals surface area contributed by atoms with Crippen LogP contribution >= 0.6 is 0 Å². The predicted molar refractivity (Wildman–Crippen MR) is 131 cm³/mol. The SMILES string of the molecule is COCCNC(=O)C1CCCN(C(=O)c2cccc(NS(=O)(=O)c3ccc(C(C)C)cc3)c2)C1. The van der Waals surface area contributed by atoms with Crippen molar-refractivity contribution in [2.45, 2.75) is 37.5 Å². The van der Waals surface area contributed by atoms with Crippen molar-refractivity contribution >= 4 is 27.5 Å². The average molecular weight is 488 g/mol. The molecule has 2 N–H and O–H groups in total. The number of nitrogens with zero attached hydrogens (tertiary/aromatic N) is 1. The second-order valence-electron chi connectivity index (χ2n) is 8.78. The number of rotatable bonds is 9. The molecule has 2 aromatic carbocycles. The first-order valence-electron chi connectivity index (χ1n) is 11.5. The number of methoxy groups -OCH3 is 1. The number of sulfonamides is 1. The molecular formula is C25H33N3O5S. The lowest BCUT2D eigenvalue weighted by atomic mass is 9.96. The van der Waals surface area contributed by atoms with Crippen molar-refractivity contribution in [2.24, 2.45) is 5.92 Å². The number of benzene rings is 2. The van der Waals surface area contributed by atoms with Gasteiger partial charge in [-0.05, 0) is 54.7 Å². The number of hydrogen-bond donors (Lipinski definition) is 2. The van der Waals surface area contributed by atoms with Gasteiger partial charge < -0.3 is 15.0 Å². The number of anilines is 1. The van der Waals surface area contributed by atoms with Crippen LogP contribution in [0.5, 0.6) is 0 Å². The third kappa shape index (κ3) is 6.57. The Balaban J connectivity index is 1.68. The highest BCUT2D eigenvalue weighted by molar-refractivity contribution is 7.92. The molecule has 0 radical (unpaired) electrons. The zero-order valence-corrected chi connectivity index (χ0v) is 20.7. The van der Waals surface area contributed by atoms with Crippen LogP contribution < -0.4 is 10.0 Å². The molecule has 184 valence electrons. The van der Waals surface area contributed by atoms with Gasteiger partial charge in [0, 0.05) is 38.0 Å². The number of carbonyl (C=O) groups is 2. The first kappa shape index (κ1) is 25.7. The van der Waals surface area contributed by atoms with Crippen LogP contribution in [0.2, 0.25) is 0 Å². The maximum absolute atomic E-state index is 13.1. The molecule has 2 aromatic rings.